The number of hydrogen-bond donors (Lipinski definition) is 0. The van der Waals surface area contributed by atoms with E-state index in [-0.39, 0.29) is 0 Å². The lowest BCUT2D eigenvalue weighted by atomic mass is 10.1. The molecular formula is C17H17N. The summed E-state index contributed by atoms with van der Waals surface area (Å²) in [4.78, 5) is 4.62. The first-order chi connectivity index (χ1) is 8.88. The van der Waals surface area contributed by atoms with Gasteiger partial charge in [-0.15, -0.1) is 0 Å². The molecule has 0 saturated carbocycles. The van der Waals surface area contributed by atoms with Gasteiger partial charge in [0.2, 0.25) is 0 Å². The van der Waals surface area contributed by atoms with Crippen LogP contribution in [0, 0.1) is 0 Å². The van der Waals surface area contributed by atoms with Crippen LogP contribution >= 0.6 is 0 Å². The third kappa shape index (κ3) is 3.70. The molecule has 2 rings (SSSR count). The average Bonchev–Trinajstić information content (AvgIpc) is 2.45. The summed E-state index contributed by atoms with van der Waals surface area (Å²) >= 11 is 0. The van der Waals surface area contributed by atoms with Gasteiger partial charge >= 0.3 is 0 Å². The van der Waals surface area contributed by atoms with Gasteiger partial charge in [-0.3, -0.25) is 4.99 Å². The molecule has 0 atom stereocenters. The van der Waals surface area contributed by atoms with E-state index in [0.29, 0.717) is 0 Å². The van der Waals surface area contributed by atoms with Crippen molar-refractivity contribution in [2.24, 2.45) is 4.99 Å². The Morgan fingerprint density at radius 2 is 1.56 bits per heavy atom. The smallest absolute Gasteiger partial charge is 0.0632 e. The zero-order chi connectivity index (χ0) is 12.6. The number of para-hydroxylation sites is 1. The van der Waals surface area contributed by atoms with Gasteiger partial charge in [0, 0.05) is 5.71 Å². The molecule has 90 valence electrons. The van der Waals surface area contributed by atoms with Crippen LogP contribution in [0.2, 0.25) is 0 Å². The Morgan fingerprint density at radius 3 is 2.17 bits per heavy atom. The van der Waals surface area contributed by atoms with Gasteiger partial charge in [-0.25, -0.2) is 0 Å². The number of allylic oxidation sites excluding steroid dienone is 1. The van der Waals surface area contributed by atoms with Gasteiger partial charge in [-0.2, -0.15) is 0 Å². The van der Waals surface area contributed by atoms with Crippen LogP contribution in [0.15, 0.2) is 71.7 Å². The van der Waals surface area contributed by atoms with E-state index in [2.05, 4.69) is 36.2 Å². The second-order valence-corrected chi connectivity index (χ2v) is 4.04. The van der Waals surface area contributed by atoms with Gasteiger partial charge in [0.25, 0.3) is 0 Å². The van der Waals surface area contributed by atoms with Crippen LogP contribution in [0.4, 0.5) is 5.69 Å². The van der Waals surface area contributed by atoms with E-state index in [1.54, 1.807) is 0 Å². The summed E-state index contributed by atoms with van der Waals surface area (Å²) < 4.78 is 0. The van der Waals surface area contributed by atoms with Crippen molar-refractivity contribution in [3.8, 4) is 0 Å². The monoisotopic (exact) mass is 235 g/mol. The molecule has 1 heteroatoms. The first kappa shape index (κ1) is 12.3. The molecule has 2 aromatic carbocycles. The van der Waals surface area contributed by atoms with Crippen molar-refractivity contribution in [3.63, 3.8) is 0 Å². The number of hydrogen-bond acceptors (Lipinski definition) is 1. The third-order valence-electron chi connectivity index (χ3n) is 2.66. The van der Waals surface area contributed by atoms with E-state index in [0.717, 1.165) is 17.8 Å². The van der Waals surface area contributed by atoms with Gasteiger partial charge in [-0.05, 0) is 30.2 Å². The molecule has 0 saturated heterocycles. The van der Waals surface area contributed by atoms with Gasteiger partial charge in [0.1, 0.15) is 0 Å². The van der Waals surface area contributed by atoms with E-state index < -0.39 is 0 Å². The summed E-state index contributed by atoms with van der Waals surface area (Å²) in [6.07, 6.45) is 5.12. The fraction of sp³-hybridized carbons (Fsp3) is 0.118. The lowest BCUT2D eigenvalue weighted by molar-refractivity contribution is 1.28. The molecule has 0 aliphatic carbocycles. The number of rotatable bonds is 4. The van der Waals surface area contributed by atoms with Crippen LogP contribution in [0.25, 0.3) is 6.08 Å². The Balaban J connectivity index is 2.15. The van der Waals surface area contributed by atoms with Crippen LogP contribution < -0.4 is 0 Å². The summed E-state index contributed by atoms with van der Waals surface area (Å²) in [6.45, 7) is 2.12. The number of aliphatic imine (C=N–C) groups is 1. The quantitative estimate of drug-likeness (QED) is 0.669. The Labute approximate surface area is 109 Å². The molecule has 0 spiro atoms. The summed E-state index contributed by atoms with van der Waals surface area (Å²) in [7, 11) is 0. The molecule has 0 radical (unpaired) electrons. The highest BCUT2D eigenvalue weighted by molar-refractivity contribution is 5.99. The van der Waals surface area contributed by atoms with Crippen molar-refractivity contribution in [2.75, 3.05) is 0 Å². The van der Waals surface area contributed by atoms with Crippen molar-refractivity contribution < 1.29 is 0 Å². The maximum Gasteiger partial charge on any atom is 0.0632 e. The minimum absolute atomic E-state index is 0.929. The van der Waals surface area contributed by atoms with Crippen LogP contribution in [-0.4, -0.2) is 5.71 Å². The normalized spacial score (nSPS) is 11.9. The molecular weight excluding hydrogens is 218 g/mol. The van der Waals surface area contributed by atoms with Crippen LogP contribution in [-0.2, 0) is 0 Å². The number of nitrogens with zero attached hydrogens (tertiary/aromatic N) is 1. The molecule has 1 nitrogen and oxygen atoms in total. The van der Waals surface area contributed by atoms with E-state index >= 15 is 0 Å². The molecule has 0 heterocycles. The molecule has 0 N–H and O–H groups in total. The van der Waals surface area contributed by atoms with Crippen molar-refractivity contribution in [1.82, 2.24) is 0 Å². The summed E-state index contributed by atoms with van der Waals surface area (Å²) in [5, 5.41) is 0. The Hall–Kier alpha value is -2.15. The van der Waals surface area contributed by atoms with Gasteiger partial charge in [-0.1, -0.05) is 61.5 Å². The Morgan fingerprint density at radius 1 is 0.944 bits per heavy atom. The fourth-order valence-electron chi connectivity index (χ4n) is 1.66. The first-order valence-electron chi connectivity index (χ1n) is 6.24. The Kier molecular flexibility index (Phi) is 4.48. The van der Waals surface area contributed by atoms with Gasteiger partial charge in [0.15, 0.2) is 0 Å². The average molecular weight is 235 g/mol. The molecule has 0 amide bonds. The zero-order valence-electron chi connectivity index (χ0n) is 10.6. The fourth-order valence-corrected chi connectivity index (χ4v) is 1.66. The van der Waals surface area contributed by atoms with Gasteiger partial charge in [0.05, 0.1) is 5.69 Å². The van der Waals surface area contributed by atoms with Crippen LogP contribution in [0.5, 0.6) is 0 Å². The minimum Gasteiger partial charge on any atom is -0.253 e. The highest BCUT2D eigenvalue weighted by Crippen LogP contribution is 2.12. The minimum atomic E-state index is 0.929. The predicted molar refractivity (Wildman–Crippen MR) is 79.3 cm³/mol. The van der Waals surface area contributed by atoms with Crippen molar-refractivity contribution in [2.45, 2.75) is 13.3 Å². The zero-order valence-corrected chi connectivity index (χ0v) is 10.6. The molecule has 0 aliphatic heterocycles. The maximum absolute atomic E-state index is 4.62. The Bertz CT molecular complexity index is 524. The van der Waals surface area contributed by atoms with Crippen molar-refractivity contribution >= 4 is 17.5 Å². The molecule has 0 unspecified atom stereocenters. The summed E-state index contributed by atoms with van der Waals surface area (Å²) in [5.41, 5.74) is 3.30. The highest BCUT2D eigenvalue weighted by atomic mass is 14.7. The topological polar surface area (TPSA) is 12.4 Å². The largest absolute Gasteiger partial charge is 0.253 e. The van der Waals surface area contributed by atoms with Crippen molar-refractivity contribution in [3.05, 3.63) is 72.3 Å². The standard InChI is InChI=1S/C17H17N/c1-2-16(18-17-11-7-4-8-12-17)14-13-15-9-5-3-6-10-15/h3-14H,2H2,1H3/b14-13+,18-16?. The SMILES string of the molecule is CCC(/C=C/c1ccccc1)=Nc1ccccc1. The third-order valence-corrected chi connectivity index (χ3v) is 2.66. The number of benzene rings is 2. The lowest BCUT2D eigenvalue weighted by Crippen LogP contribution is -1.89. The summed E-state index contributed by atoms with van der Waals surface area (Å²) in [5.74, 6) is 0. The second-order valence-electron chi connectivity index (χ2n) is 4.04. The van der Waals surface area contributed by atoms with E-state index in [9.17, 15) is 0 Å². The van der Waals surface area contributed by atoms with Crippen molar-refractivity contribution in [1.29, 1.82) is 0 Å². The first-order valence-corrected chi connectivity index (χ1v) is 6.24. The summed E-state index contributed by atoms with van der Waals surface area (Å²) in [6, 6.07) is 20.3. The van der Waals surface area contributed by atoms with Gasteiger partial charge < -0.3 is 0 Å². The molecule has 0 aliphatic rings. The second kappa shape index (κ2) is 6.55. The maximum atomic E-state index is 4.62. The van der Waals surface area contributed by atoms with E-state index in [1.807, 2.05) is 48.5 Å². The van der Waals surface area contributed by atoms with Crippen LogP contribution in [0.3, 0.4) is 0 Å². The highest BCUT2D eigenvalue weighted by Gasteiger charge is 1.92. The van der Waals surface area contributed by atoms with E-state index in [4.69, 9.17) is 0 Å². The molecule has 0 bridgehead atoms. The molecule has 18 heavy (non-hydrogen) atoms. The molecule has 0 aromatic heterocycles. The van der Waals surface area contributed by atoms with E-state index in [1.165, 1.54) is 5.56 Å². The lowest BCUT2D eigenvalue weighted by Gasteiger charge is -1.98. The molecule has 0 fully saturated rings. The predicted octanol–water partition coefficient (Wildman–Crippen LogP) is 4.88. The van der Waals surface area contributed by atoms with Crippen LogP contribution in [0.1, 0.15) is 18.9 Å². The molecule has 2 aromatic rings.